The molecule has 0 aliphatic carbocycles. The minimum atomic E-state index is -3.58. The summed E-state index contributed by atoms with van der Waals surface area (Å²) < 4.78 is 23.9. The van der Waals surface area contributed by atoms with E-state index in [2.05, 4.69) is 20.9 Å². The van der Waals surface area contributed by atoms with Crippen LogP contribution in [0.1, 0.15) is 5.56 Å². The molecule has 0 fully saturated rings. The second-order valence-corrected chi connectivity index (χ2v) is 6.26. The van der Waals surface area contributed by atoms with E-state index in [-0.39, 0.29) is 9.41 Å². The van der Waals surface area contributed by atoms with Gasteiger partial charge in [-0.05, 0) is 12.1 Å². The van der Waals surface area contributed by atoms with Crippen LogP contribution in [-0.2, 0) is 9.84 Å². The molecule has 0 unspecified atom stereocenters. The van der Waals surface area contributed by atoms with E-state index >= 15 is 0 Å². The summed E-state index contributed by atoms with van der Waals surface area (Å²) in [5.74, 6) is 0. The molecular formula is C9H5BrClNO2S. The topological polar surface area (TPSA) is 46.5 Å². The van der Waals surface area contributed by atoms with Gasteiger partial charge in [-0.3, -0.25) is 0 Å². The van der Waals surface area contributed by atoms with E-state index in [0.717, 1.165) is 10.7 Å². The van der Waals surface area contributed by atoms with Gasteiger partial charge < -0.3 is 0 Å². The molecule has 0 N–H and O–H groups in total. The summed E-state index contributed by atoms with van der Waals surface area (Å²) in [4.78, 5) is 3.79. The van der Waals surface area contributed by atoms with Crippen molar-refractivity contribution in [2.45, 2.75) is 0 Å². The van der Waals surface area contributed by atoms with E-state index in [1.54, 1.807) is 24.3 Å². The van der Waals surface area contributed by atoms with Crippen LogP contribution in [0.5, 0.6) is 0 Å². The molecule has 0 aromatic heterocycles. The number of hydrogen-bond acceptors (Lipinski definition) is 3. The average Bonchev–Trinajstić information content (AvgIpc) is 2.42. The predicted molar refractivity (Wildman–Crippen MR) is 63.5 cm³/mol. The number of nitrogens with zero attached hydrogens (tertiary/aromatic N) is 1. The van der Waals surface area contributed by atoms with E-state index in [1.165, 1.54) is 0 Å². The molecule has 0 bridgehead atoms. The first-order valence-electron chi connectivity index (χ1n) is 3.96. The number of benzene rings is 1. The maximum absolute atomic E-state index is 11.7. The van der Waals surface area contributed by atoms with Crippen molar-refractivity contribution in [1.82, 2.24) is 0 Å². The SMILES string of the molecule is O=S1(=O)C(Cl)=CN=C1c1cccc(Br)c1. The Bertz CT molecular complexity index is 578. The first-order valence-corrected chi connectivity index (χ1v) is 6.62. The van der Waals surface area contributed by atoms with E-state index in [1.807, 2.05) is 0 Å². The number of sulfone groups is 1. The second kappa shape index (κ2) is 3.73. The zero-order valence-corrected chi connectivity index (χ0v) is 10.5. The van der Waals surface area contributed by atoms with Crippen molar-refractivity contribution in [1.29, 1.82) is 0 Å². The average molecular weight is 307 g/mol. The quantitative estimate of drug-likeness (QED) is 0.801. The fourth-order valence-corrected chi connectivity index (χ4v) is 2.86. The highest BCUT2D eigenvalue weighted by atomic mass is 79.9. The largest absolute Gasteiger partial charge is 0.241 e. The first-order chi connectivity index (χ1) is 7.01. The summed E-state index contributed by atoms with van der Waals surface area (Å²) in [6.07, 6.45) is 1.15. The number of hydrogen-bond donors (Lipinski definition) is 0. The third-order valence-corrected chi connectivity index (χ3v) is 4.54. The Morgan fingerprint density at radius 2 is 2.07 bits per heavy atom. The Morgan fingerprint density at radius 3 is 2.60 bits per heavy atom. The molecule has 0 amide bonds. The smallest absolute Gasteiger partial charge is 0.236 e. The zero-order valence-electron chi connectivity index (χ0n) is 7.31. The van der Waals surface area contributed by atoms with Gasteiger partial charge in [-0.25, -0.2) is 13.4 Å². The van der Waals surface area contributed by atoms with Crippen LogP contribution in [-0.4, -0.2) is 13.5 Å². The lowest BCUT2D eigenvalue weighted by atomic mass is 10.2. The van der Waals surface area contributed by atoms with Gasteiger partial charge >= 0.3 is 0 Å². The Labute approximate surface area is 101 Å². The van der Waals surface area contributed by atoms with Gasteiger partial charge in [0.1, 0.15) is 0 Å². The van der Waals surface area contributed by atoms with Crippen molar-refractivity contribution in [2.24, 2.45) is 4.99 Å². The van der Waals surface area contributed by atoms with Crippen LogP contribution >= 0.6 is 27.5 Å². The van der Waals surface area contributed by atoms with Crippen LogP contribution in [0.2, 0.25) is 0 Å². The first kappa shape index (κ1) is 10.9. The summed E-state index contributed by atoms with van der Waals surface area (Å²) in [5.41, 5.74) is 0.524. The van der Waals surface area contributed by atoms with E-state index in [0.29, 0.717) is 5.56 Å². The van der Waals surface area contributed by atoms with Crippen LogP contribution in [0.3, 0.4) is 0 Å². The molecule has 0 radical (unpaired) electrons. The standard InChI is InChI=1S/C9H5BrClNO2S/c10-7-3-1-2-6(4-7)9-12-5-8(11)15(9,13)14/h1-5H. The van der Waals surface area contributed by atoms with Gasteiger partial charge in [0.2, 0.25) is 9.84 Å². The second-order valence-electron chi connectivity index (χ2n) is 2.88. The Balaban J connectivity index is 2.54. The predicted octanol–water partition coefficient (Wildman–Crippen LogP) is 2.66. The van der Waals surface area contributed by atoms with E-state index in [9.17, 15) is 8.42 Å². The lowest BCUT2D eigenvalue weighted by molar-refractivity contribution is 0.615. The molecule has 1 heterocycles. The van der Waals surface area contributed by atoms with Gasteiger partial charge in [-0.1, -0.05) is 39.7 Å². The highest BCUT2D eigenvalue weighted by molar-refractivity contribution is 9.10. The molecule has 0 atom stereocenters. The molecule has 78 valence electrons. The molecule has 2 rings (SSSR count). The highest BCUT2D eigenvalue weighted by Crippen LogP contribution is 2.25. The van der Waals surface area contributed by atoms with E-state index < -0.39 is 9.84 Å². The van der Waals surface area contributed by atoms with Crippen LogP contribution in [0.25, 0.3) is 0 Å². The Morgan fingerprint density at radius 1 is 1.33 bits per heavy atom. The number of aliphatic imine (C=N–C) groups is 1. The van der Waals surface area contributed by atoms with Gasteiger partial charge in [0.25, 0.3) is 0 Å². The van der Waals surface area contributed by atoms with Crippen LogP contribution < -0.4 is 0 Å². The molecular weight excluding hydrogens is 302 g/mol. The lowest BCUT2D eigenvalue weighted by Gasteiger charge is -2.01. The van der Waals surface area contributed by atoms with Crippen LogP contribution in [0.15, 0.2) is 44.3 Å². The van der Waals surface area contributed by atoms with Gasteiger partial charge in [-0.2, -0.15) is 0 Å². The van der Waals surface area contributed by atoms with Gasteiger partial charge in [0.15, 0.2) is 9.41 Å². The minimum absolute atomic E-state index is 0.00574. The van der Waals surface area contributed by atoms with Crippen molar-refractivity contribution in [3.8, 4) is 0 Å². The lowest BCUT2D eigenvalue weighted by Crippen LogP contribution is -2.12. The third-order valence-electron chi connectivity index (χ3n) is 1.87. The molecule has 1 aliphatic rings. The van der Waals surface area contributed by atoms with Crippen LogP contribution in [0, 0.1) is 0 Å². The molecule has 0 saturated carbocycles. The number of rotatable bonds is 1. The summed E-state index contributed by atoms with van der Waals surface area (Å²) >= 11 is 8.80. The molecule has 0 spiro atoms. The molecule has 1 aromatic carbocycles. The van der Waals surface area contributed by atoms with Crippen molar-refractivity contribution in [3.63, 3.8) is 0 Å². The molecule has 3 nitrogen and oxygen atoms in total. The molecule has 1 aromatic rings. The fourth-order valence-electron chi connectivity index (χ4n) is 1.19. The summed E-state index contributed by atoms with van der Waals surface area (Å²) in [5, 5.41) is -0.00574. The molecule has 6 heteroatoms. The fraction of sp³-hybridized carbons (Fsp3) is 0. The maximum atomic E-state index is 11.7. The van der Waals surface area contributed by atoms with Crippen molar-refractivity contribution in [2.75, 3.05) is 0 Å². The van der Waals surface area contributed by atoms with Crippen molar-refractivity contribution >= 4 is 42.4 Å². The Hall–Kier alpha value is -0.650. The molecule has 0 saturated heterocycles. The highest BCUT2D eigenvalue weighted by Gasteiger charge is 2.29. The molecule has 1 aliphatic heterocycles. The zero-order chi connectivity index (χ0) is 11.1. The van der Waals surface area contributed by atoms with E-state index in [4.69, 9.17) is 11.6 Å². The maximum Gasteiger partial charge on any atom is 0.236 e. The summed E-state index contributed by atoms with van der Waals surface area (Å²) in [6, 6.07) is 6.90. The van der Waals surface area contributed by atoms with Crippen molar-refractivity contribution in [3.05, 3.63) is 44.9 Å². The normalized spacial score (nSPS) is 18.5. The number of halogens is 2. The Kier molecular flexibility index (Phi) is 2.70. The van der Waals surface area contributed by atoms with Gasteiger partial charge in [-0.15, -0.1) is 0 Å². The van der Waals surface area contributed by atoms with Gasteiger partial charge in [0, 0.05) is 10.0 Å². The summed E-state index contributed by atoms with van der Waals surface area (Å²) in [7, 11) is -3.58. The van der Waals surface area contributed by atoms with Gasteiger partial charge in [0.05, 0.1) is 6.20 Å². The summed E-state index contributed by atoms with van der Waals surface area (Å²) in [6.45, 7) is 0. The molecule has 15 heavy (non-hydrogen) atoms. The van der Waals surface area contributed by atoms with Crippen LogP contribution in [0.4, 0.5) is 0 Å². The minimum Gasteiger partial charge on any atom is -0.241 e. The van der Waals surface area contributed by atoms with Crippen molar-refractivity contribution < 1.29 is 8.42 Å². The monoisotopic (exact) mass is 305 g/mol. The third kappa shape index (κ3) is 1.87.